The highest BCUT2D eigenvalue weighted by Gasteiger charge is 2.64. The second-order valence-corrected chi connectivity index (χ2v) is 6.71. The molecule has 0 radical (unpaired) electrons. The molecule has 0 saturated heterocycles. The highest BCUT2D eigenvalue weighted by atomic mass is 16.5. The van der Waals surface area contributed by atoms with Gasteiger partial charge in [-0.15, -0.1) is 0 Å². The van der Waals surface area contributed by atoms with Gasteiger partial charge in [0.25, 0.3) is 0 Å². The maximum atomic E-state index is 12.4. The summed E-state index contributed by atoms with van der Waals surface area (Å²) in [7, 11) is 1.60. The minimum absolute atomic E-state index is 0.239. The summed E-state index contributed by atoms with van der Waals surface area (Å²) < 4.78 is 16.1. The Hall–Kier alpha value is -3.06. The zero-order valence-electron chi connectivity index (χ0n) is 15.8. The summed E-state index contributed by atoms with van der Waals surface area (Å²) in [6.07, 6.45) is 0.703. The second kappa shape index (κ2) is 8.31. The molecule has 1 fully saturated rings. The van der Waals surface area contributed by atoms with Crippen molar-refractivity contribution in [3.05, 3.63) is 54.1 Å². The van der Waals surface area contributed by atoms with Crippen molar-refractivity contribution < 1.29 is 29.0 Å². The molecule has 2 N–H and O–H groups in total. The van der Waals surface area contributed by atoms with Gasteiger partial charge in [0.1, 0.15) is 17.2 Å². The first-order chi connectivity index (χ1) is 13.5. The molecule has 2 aromatic rings. The smallest absolute Gasteiger partial charge is 0.313 e. The Bertz CT molecular complexity index is 833. The molecule has 0 aromatic heterocycles. The number of hydroxylamine groups is 1. The van der Waals surface area contributed by atoms with Crippen LogP contribution in [0.3, 0.4) is 0 Å². The number of amides is 1. The van der Waals surface area contributed by atoms with Crippen LogP contribution in [0.15, 0.2) is 48.5 Å². The summed E-state index contributed by atoms with van der Waals surface area (Å²) in [5.74, 6) is 0.511. The van der Waals surface area contributed by atoms with Crippen molar-refractivity contribution in [2.24, 2.45) is 11.3 Å². The van der Waals surface area contributed by atoms with E-state index in [1.54, 1.807) is 19.5 Å². The molecule has 0 aliphatic heterocycles. The van der Waals surface area contributed by atoms with Crippen LogP contribution in [0, 0.1) is 11.3 Å². The lowest BCUT2D eigenvalue weighted by Gasteiger charge is -2.16. The van der Waals surface area contributed by atoms with Crippen LogP contribution in [0.1, 0.15) is 18.9 Å². The van der Waals surface area contributed by atoms with Crippen molar-refractivity contribution >= 4 is 11.9 Å². The third kappa shape index (κ3) is 4.09. The topological polar surface area (TPSA) is 94.1 Å². The molecule has 2 aromatic carbocycles. The Morgan fingerprint density at radius 3 is 2.18 bits per heavy atom. The molecule has 1 amide bonds. The van der Waals surface area contributed by atoms with E-state index in [9.17, 15) is 9.59 Å². The van der Waals surface area contributed by atoms with Gasteiger partial charge in [0.05, 0.1) is 25.0 Å². The molecule has 7 heteroatoms. The Morgan fingerprint density at radius 2 is 1.64 bits per heavy atom. The van der Waals surface area contributed by atoms with Gasteiger partial charge in [-0.1, -0.05) is 12.1 Å². The first kappa shape index (κ1) is 19.7. The standard InChI is InChI=1S/C21H23NO6/c1-3-27-20(24)21(13-18(21)19(23)22-25)12-14-4-6-16(7-5-14)28-17-10-8-15(26-2)9-11-17/h4-11,18,25H,3,12-13H2,1-2H3,(H,22,23). The quantitative estimate of drug-likeness (QED) is 0.412. The summed E-state index contributed by atoms with van der Waals surface area (Å²) >= 11 is 0. The molecular weight excluding hydrogens is 362 g/mol. The first-order valence-corrected chi connectivity index (χ1v) is 9.04. The third-order valence-electron chi connectivity index (χ3n) is 4.92. The minimum Gasteiger partial charge on any atom is -0.497 e. The number of rotatable bonds is 8. The van der Waals surface area contributed by atoms with Crippen molar-refractivity contribution in [1.29, 1.82) is 0 Å². The van der Waals surface area contributed by atoms with E-state index < -0.39 is 23.2 Å². The number of esters is 1. The molecule has 2 atom stereocenters. The Balaban J connectivity index is 1.69. The number of nitrogens with one attached hydrogen (secondary N) is 1. The first-order valence-electron chi connectivity index (χ1n) is 9.04. The fourth-order valence-electron chi connectivity index (χ4n) is 3.31. The lowest BCUT2D eigenvalue weighted by molar-refractivity contribution is -0.152. The van der Waals surface area contributed by atoms with Crippen LogP contribution < -0.4 is 15.0 Å². The van der Waals surface area contributed by atoms with E-state index in [-0.39, 0.29) is 6.61 Å². The predicted octanol–water partition coefficient (Wildman–Crippen LogP) is 3.10. The summed E-state index contributed by atoms with van der Waals surface area (Å²) in [5, 5.41) is 8.89. The van der Waals surface area contributed by atoms with Crippen molar-refractivity contribution in [3.63, 3.8) is 0 Å². The molecule has 0 heterocycles. The predicted molar refractivity (Wildman–Crippen MR) is 100 cm³/mol. The van der Waals surface area contributed by atoms with Gasteiger partial charge in [-0.3, -0.25) is 14.8 Å². The fraction of sp³-hybridized carbons (Fsp3) is 0.333. The van der Waals surface area contributed by atoms with Crippen LogP contribution >= 0.6 is 0 Å². The van der Waals surface area contributed by atoms with Crippen LogP contribution in [0.25, 0.3) is 0 Å². The number of hydrogen-bond donors (Lipinski definition) is 2. The molecule has 1 aliphatic rings. The van der Waals surface area contributed by atoms with Gasteiger partial charge in [-0.2, -0.15) is 0 Å². The normalized spacial score (nSPS) is 20.2. The van der Waals surface area contributed by atoms with Gasteiger partial charge in [-0.05, 0) is 61.7 Å². The van der Waals surface area contributed by atoms with Crippen molar-refractivity contribution in [2.75, 3.05) is 13.7 Å². The van der Waals surface area contributed by atoms with Crippen molar-refractivity contribution in [2.45, 2.75) is 19.8 Å². The van der Waals surface area contributed by atoms with Gasteiger partial charge < -0.3 is 14.2 Å². The van der Waals surface area contributed by atoms with Gasteiger partial charge >= 0.3 is 5.97 Å². The number of methoxy groups -OCH3 is 1. The molecule has 2 unspecified atom stereocenters. The molecule has 3 rings (SSSR count). The molecule has 0 bridgehead atoms. The SMILES string of the molecule is CCOC(=O)C1(Cc2ccc(Oc3ccc(OC)cc3)cc2)CC1C(=O)NO. The summed E-state index contributed by atoms with van der Waals surface area (Å²) in [6, 6.07) is 14.6. The van der Waals surface area contributed by atoms with Gasteiger partial charge in [0.15, 0.2) is 0 Å². The molecule has 1 aliphatic carbocycles. The molecule has 7 nitrogen and oxygen atoms in total. The van der Waals surface area contributed by atoms with Crippen molar-refractivity contribution in [3.8, 4) is 17.2 Å². The second-order valence-electron chi connectivity index (χ2n) is 6.71. The van der Waals surface area contributed by atoms with E-state index in [1.807, 2.05) is 48.5 Å². The largest absolute Gasteiger partial charge is 0.497 e. The minimum atomic E-state index is -0.929. The maximum Gasteiger partial charge on any atom is 0.313 e. The number of carbonyl (C=O) groups excluding carboxylic acids is 2. The lowest BCUT2D eigenvalue weighted by Crippen LogP contribution is -2.30. The maximum absolute atomic E-state index is 12.4. The van der Waals surface area contributed by atoms with Gasteiger partial charge in [0.2, 0.25) is 5.91 Å². The number of carbonyl (C=O) groups is 2. The number of ether oxygens (including phenoxy) is 3. The molecule has 0 spiro atoms. The number of benzene rings is 2. The third-order valence-corrected chi connectivity index (χ3v) is 4.92. The monoisotopic (exact) mass is 385 g/mol. The Labute approximate surface area is 163 Å². The lowest BCUT2D eigenvalue weighted by atomic mass is 9.93. The van der Waals surface area contributed by atoms with E-state index >= 15 is 0 Å². The van der Waals surface area contributed by atoms with Crippen LogP contribution in [-0.4, -0.2) is 30.8 Å². The van der Waals surface area contributed by atoms with E-state index in [1.165, 1.54) is 0 Å². The van der Waals surface area contributed by atoms with E-state index in [0.29, 0.717) is 24.3 Å². The van der Waals surface area contributed by atoms with Crippen LogP contribution in [0.5, 0.6) is 17.2 Å². The highest BCUT2D eigenvalue weighted by Crippen LogP contribution is 2.56. The molecular formula is C21H23NO6. The van der Waals surface area contributed by atoms with Crippen molar-refractivity contribution in [1.82, 2.24) is 5.48 Å². The van der Waals surface area contributed by atoms with E-state index in [0.717, 1.165) is 11.3 Å². The highest BCUT2D eigenvalue weighted by molar-refractivity contribution is 5.93. The molecule has 1 saturated carbocycles. The average molecular weight is 385 g/mol. The van der Waals surface area contributed by atoms with E-state index in [2.05, 4.69) is 0 Å². The fourth-order valence-corrected chi connectivity index (χ4v) is 3.31. The van der Waals surface area contributed by atoms with Crippen LogP contribution in [0.2, 0.25) is 0 Å². The Morgan fingerprint density at radius 1 is 1.07 bits per heavy atom. The summed E-state index contributed by atoms with van der Waals surface area (Å²) in [6.45, 7) is 1.96. The zero-order chi connectivity index (χ0) is 20.1. The zero-order valence-corrected chi connectivity index (χ0v) is 15.8. The van der Waals surface area contributed by atoms with E-state index in [4.69, 9.17) is 19.4 Å². The van der Waals surface area contributed by atoms with Gasteiger partial charge in [-0.25, -0.2) is 5.48 Å². The number of hydrogen-bond acceptors (Lipinski definition) is 6. The summed E-state index contributed by atoms with van der Waals surface area (Å²) in [5.41, 5.74) is 1.58. The Kier molecular flexibility index (Phi) is 5.84. The van der Waals surface area contributed by atoms with Crippen LogP contribution in [-0.2, 0) is 20.7 Å². The molecule has 28 heavy (non-hydrogen) atoms. The molecule has 148 valence electrons. The average Bonchev–Trinajstić information content (AvgIpc) is 3.45. The van der Waals surface area contributed by atoms with Gasteiger partial charge in [0, 0.05) is 0 Å². The summed E-state index contributed by atoms with van der Waals surface area (Å²) in [4.78, 5) is 24.2. The van der Waals surface area contributed by atoms with Crippen LogP contribution in [0.4, 0.5) is 0 Å².